The van der Waals surface area contributed by atoms with Crippen molar-refractivity contribution in [2.45, 2.75) is 20.0 Å². The summed E-state index contributed by atoms with van der Waals surface area (Å²) in [7, 11) is -1.76. The fraction of sp³-hybridized carbons (Fsp3) is 0.455. The first kappa shape index (κ1) is 14.0. The average Bonchev–Trinajstić information content (AvgIpc) is 2.25. The van der Waals surface area contributed by atoms with Crippen molar-refractivity contribution in [2.75, 3.05) is 13.2 Å². The largest absolute Gasteiger partial charge is 0.492 e. The number of rotatable bonds is 6. The molecular formula is C11H16BFO4. The quantitative estimate of drug-likeness (QED) is 0.556. The zero-order valence-electron chi connectivity index (χ0n) is 9.89. The van der Waals surface area contributed by atoms with Crippen molar-refractivity contribution in [3.8, 4) is 5.75 Å². The van der Waals surface area contributed by atoms with Gasteiger partial charge in [0.15, 0.2) is 0 Å². The van der Waals surface area contributed by atoms with E-state index in [9.17, 15) is 4.39 Å². The molecule has 0 unspecified atom stereocenters. The molecule has 2 N–H and O–H groups in total. The van der Waals surface area contributed by atoms with Crippen LogP contribution in [0.4, 0.5) is 4.39 Å². The monoisotopic (exact) mass is 242 g/mol. The topological polar surface area (TPSA) is 58.9 Å². The Morgan fingerprint density at radius 3 is 2.59 bits per heavy atom. The molecule has 1 rings (SSSR count). The van der Waals surface area contributed by atoms with E-state index in [1.807, 2.05) is 13.8 Å². The molecule has 0 aliphatic heterocycles. The van der Waals surface area contributed by atoms with Crippen molar-refractivity contribution in [3.63, 3.8) is 0 Å². The first-order valence-corrected chi connectivity index (χ1v) is 5.40. The zero-order valence-corrected chi connectivity index (χ0v) is 9.89. The van der Waals surface area contributed by atoms with Gasteiger partial charge in [-0.1, -0.05) is 0 Å². The predicted octanol–water partition coefficient (Wildman–Crippen LogP) is 0.309. The van der Waals surface area contributed by atoms with Crippen molar-refractivity contribution >= 4 is 12.6 Å². The normalized spacial score (nSPS) is 10.7. The Morgan fingerprint density at radius 2 is 2.00 bits per heavy atom. The minimum absolute atomic E-state index is 0.00884. The maximum Gasteiger partial charge on any atom is 0.492 e. The third-order valence-corrected chi connectivity index (χ3v) is 2.04. The van der Waals surface area contributed by atoms with E-state index in [-0.39, 0.29) is 23.9 Å². The summed E-state index contributed by atoms with van der Waals surface area (Å²) in [5.74, 6) is -0.298. The Labute approximate surface area is 100 Å². The van der Waals surface area contributed by atoms with Crippen LogP contribution in [-0.2, 0) is 4.74 Å². The highest BCUT2D eigenvalue weighted by atomic mass is 19.1. The predicted molar refractivity (Wildman–Crippen MR) is 62.8 cm³/mol. The molecule has 0 heterocycles. The van der Waals surface area contributed by atoms with E-state index in [1.165, 1.54) is 12.1 Å². The van der Waals surface area contributed by atoms with Crippen LogP contribution in [0.1, 0.15) is 13.8 Å². The number of ether oxygens (including phenoxy) is 2. The fourth-order valence-corrected chi connectivity index (χ4v) is 1.29. The smallest absolute Gasteiger partial charge is 0.492 e. The summed E-state index contributed by atoms with van der Waals surface area (Å²) in [6.07, 6.45) is 0.106. The molecule has 0 fully saturated rings. The van der Waals surface area contributed by atoms with E-state index < -0.39 is 12.9 Å². The molecule has 0 spiro atoms. The van der Waals surface area contributed by atoms with Crippen molar-refractivity contribution in [1.82, 2.24) is 0 Å². The van der Waals surface area contributed by atoms with Gasteiger partial charge in [-0.2, -0.15) is 0 Å². The highest BCUT2D eigenvalue weighted by molar-refractivity contribution is 6.59. The maximum atomic E-state index is 12.9. The van der Waals surface area contributed by atoms with Crippen LogP contribution in [0.25, 0.3) is 0 Å². The van der Waals surface area contributed by atoms with Crippen LogP contribution < -0.4 is 10.2 Å². The Kier molecular flexibility index (Phi) is 5.41. The fourth-order valence-electron chi connectivity index (χ4n) is 1.29. The van der Waals surface area contributed by atoms with Crippen LogP contribution in [0.5, 0.6) is 5.75 Å². The third kappa shape index (κ3) is 4.72. The number of hydrogen-bond donors (Lipinski definition) is 2. The molecule has 0 radical (unpaired) electrons. The molecule has 4 nitrogen and oxygen atoms in total. The Morgan fingerprint density at radius 1 is 1.29 bits per heavy atom. The lowest BCUT2D eigenvalue weighted by Crippen LogP contribution is -2.32. The molecule has 0 amide bonds. The van der Waals surface area contributed by atoms with E-state index in [0.29, 0.717) is 6.61 Å². The molecule has 1 aromatic rings. The van der Waals surface area contributed by atoms with Crippen LogP contribution in [0.3, 0.4) is 0 Å². The molecule has 0 saturated carbocycles. The van der Waals surface area contributed by atoms with Gasteiger partial charge in [0.1, 0.15) is 18.2 Å². The molecule has 0 aliphatic carbocycles. The van der Waals surface area contributed by atoms with Gasteiger partial charge in [0.05, 0.1) is 12.7 Å². The molecule has 17 heavy (non-hydrogen) atoms. The summed E-state index contributed by atoms with van der Waals surface area (Å²) < 4.78 is 23.5. The minimum atomic E-state index is -1.76. The van der Waals surface area contributed by atoms with Crippen LogP contribution >= 0.6 is 0 Å². The van der Waals surface area contributed by atoms with Gasteiger partial charge in [-0.15, -0.1) is 0 Å². The lowest BCUT2D eigenvalue weighted by Gasteiger charge is -2.12. The van der Waals surface area contributed by atoms with Gasteiger partial charge in [-0.25, -0.2) is 4.39 Å². The first-order chi connectivity index (χ1) is 8.00. The molecule has 6 heteroatoms. The number of hydrogen-bond acceptors (Lipinski definition) is 4. The average molecular weight is 242 g/mol. The Hall–Kier alpha value is -1.11. The second-order valence-corrected chi connectivity index (χ2v) is 3.82. The van der Waals surface area contributed by atoms with Gasteiger partial charge in [0.2, 0.25) is 0 Å². The van der Waals surface area contributed by atoms with Gasteiger partial charge < -0.3 is 19.5 Å². The lowest BCUT2D eigenvalue weighted by atomic mass is 9.79. The molecule has 1 aromatic carbocycles. The standard InChI is InChI=1S/C11H16BFO4/c1-8(2)16-5-6-17-11-4-3-9(13)7-10(11)12(14)15/h3-4,7-8,14-15H,5-6H2,1-2H3. The van der Waals surface area contributed by atoms with Crippen LogP contribution in [-0.4, -0.2) is 36.5 Å². The van der Waals surface area contributed by atoms with Gasteiger partial charge in [-0.05, 0) is 32.0 Å². The second kappa shape index (κ2) is 6.59. The molecule has 0 aliphatic rings. The van der Waals surface area contributed by atoms with E-state index in [2.05, 4.69) is 0 Å². The SMILES string of the molecule is CC(C)OCCOc1ccc(F)cc1B(O)O. The molecule has 0 saturated heterocycles. The first-order valence-electron chi connectivity index (χ1n) is 5.40. The van der Waals surface area contributed by atoms with E-state index >= 15 is 0 Å². The Balaban J connectivity index is 2.58. The van der Waals surface area contributed by atoms with Crippen molar-refractivity contribution in [2.24, 2.45) is 0 Å². The van der Waals surface area contributed by atoms with Gasteiger partial charge in [0, 0.05) is 5.46 Å². The molecule has 0 bridgehead atoms. The van der Waals surface area contributed by atoms with Crippen LogP contribution in [0.15, 0.2) is 18.2 Å². The maximum absolute atomic E-state index is 12.9. The summed E-state index contributed by atoms with van der Waals surface area (Å²) in [4.78, 5) is 0. The van der Waals surface area contributed by atoms with E-state index in [4.69, 9.17) is 19.5 Å². The van der Waals surface area contributed by atoms with Crippen molar-refractivity contribution in [1.29, 1.82) is 0 Å². The van der Waals surface area contributed by atoms with E-state index in [1.54, 1.807) is 0 Å². The second-order valence-electron chi connectivity index (χ2n) is 3.82. The molecule has 0 aromatic heterocycles. The highest BCUT2D eigenvalue weighted by Crippen LogP contribution is 2.09. The molecule has 94 valence electrons. The van der Waals surface area contributed by atoms with Crippen molar-refractivity contribution in [3.05, 3.63) is 24.0 Å². The van der Waals surface area contributed by atoms with Crippen molar-refractivity contribution < 1.29 is 23.9 Å². The zero-order chi connectivity index (χ0) is 12.8. The summed E-state index contributed by atoms with van der Waals surface area (Å²) in [6.45, 7) is 4.46. The van der Waals surface area contributed by atoms with Crippen LogP contribution in [0, 0.1) is 5.82 Å². The Bertz CT molecular complexity index is 357. The number of halogens is 1. The van der Waals surface area contributed by atoms with E-state index in [0.717, 1.165) is 6.07 Å². The molecule has 0 atom stereocenters. The highest BCUT2D eigenvalue weighted by Gasteiger charge is 2.18. The minimum Gasteiger partial charge on any atom is -0.492 e. The summed E-state index contributed by atoms with van der Waals surface area (Å²) in [5, 5.41) is 18.1. The lowest BCUT2D eigenvalue weighted by molar-refractivity contribution is 0.0554. The van der Waals surface area contributed by atoms with Gasteiger partial charge in [0.25, 0.3) is 0 Å². The molecular weight excluding hydrogens is 226 g/mol. The number of benzene rings is 1. The third-order valence-electron chi connectivity index (χ3n) is 2.04. The summed E-state index contributed by atoms with van der Waals surface area (Å²) in [6, 6.07) is 3.59. The van der Waals surface area contributed by atoms with Gasteiger partial charge in [-0.3, -0.25) is 0 Å². The van der Waals surface area contributed by atoms with Gasteiger partial charge >= 0.3 is 7.12 Å². The summed E-state index contributed by atoms with van der Waals surface area (Å²) in [5.41, 5.74) is 0.00884. The summed E-state index contributed by atoms with van der Waals surface area (Å²) >= 11 is 0. The van der Waals surface area contributed by atoms with Crippen LogP contribution in [0.2, 0.25) is 0 Å².